The molecule has 0 saturated carbocycles. The molecule has 0 aromatic carbocycles. The Kier molecular flexibility index (Phi) is 6.32. The first-order valence-electron chi connectivity index (χ1n) is 6.28. The zero-order chi connectivity index (χ0) is 13.4. The lowest BCUT2D eigenvalue weighted by Crippen LogP contribution is -2.21. The average molecular weight is 256 g/mol. The van der Waals surface area contributed by atoms with E-state index in [-0.39, 0.29) is 5.60 Å². The van der Waals surface area contributed by atoms with Crippen molar-refractivity contribution in [2.24, 2.45) is 0 Å². The van der Waals surface area contributed by atoms with E-state index >= 15 is 0 Å². The van der Waals surface area contributed by atoms with Gasteiger partial charge in [0.2, 0.25) is 0 Å². The average Bonchev–Trinajstić information content (AvgIpc) is 2.73. The number of aromatic nitrogens is 1. The molecule has 0 unspecified atom stereocenters. The maximum atomic E-state index is 5.62. The van der Waals surface area contributed by atoms with Gasteiger partial charge in [-0.2, -0.15) is 0 Å². The first kappa shape index (κ1) is 15.1. The molecule has 0 saturated heterocycles. The van der Waals surface area contributed by atoms with E-state index in [1.165, 1.54) is 0 Å². The first-order chi connectivity index (χ1) is 8.51. The number of ether oxygens (including phenoxy) is 2. The van der Waals surface area contributed by atoms with Gasteiger partial charge in [-0.05, 0) is 20.8 Å². The van der Waals surface area contributed by atoms with Gasteiger partial charge in [0.25, 0.3) is 0 Å². The Morgan fingerprint density at radius 3 is 2.78 bits per heavy atom. The second-order valence-corrected chi connectivity index (χ2v) is 5.11. The Hall–Kier alpha value is -0.910. The van der Waals surface area contributed by atoms with Crippen molar-refractivity contribution >= 4 is 0 Å². The molecular weight excluding hydrogens is 232 g/mol. The summed E-state index contributed by atoms with van der Waals surface area (Å²) in [6.45, 7) is 8.92. The molecule has 0 aliphatic heterocycles. The van der Waals surface area contributed by atoms with Gasteiger partial charge in [-0.25, -0.2) is 4.98 Å². The summed E-state index contributed by atoms with van der Waals surface area (Å²) in [6, 6.07) is 0. The SMILES string of the molecule is COCCNCCc1ncc(COC(C)(C)C)o1. The quantitative estimate of drug-likeness (QED) is 0.718. The number of nitrogens with one attached hydrogen (secondary N) is 1. The maximum Gasteiger partial charge on any atom is 0.195 e. The number of hydrogen-bond acceptors (Lipinski definition) is 5. The van der Waals surface area contributed by atoms with E-state index in [0.717, 1.165) is 37.8 Å². The van der Waals surface area contributed by atoms with Crippen LogP contribution in [0.3, 0.4) is 0 Å². The fourth-order valence-electron chi connectivity index (χ4n) is 1.31. The van der Waals surface area contributed by atoms with Gasteiger partial charge in [0.1, 0.15) is 12.4 Å². The van der Waals surface area contributed by atoms with Crippen molar-refractivity contribution in [2.75, 3.05) is 26.8 Å². The summed E-state index contributed by atoms with van der Waals surface area (Å²) >= 11 is 0. The van der Waals surface area contributed by atoms with Gasteiger partial charge in [0.05, 0.1) is 18.4 Å². The molecule has 0 fully saturated rings. The van der Waals surface area contributed by atoms with Crippen LogP contribution in [0.2, 0.25) is 0 Å². The fraction of sp³-hybridized carbons (Fsp3) is 0.769. The maximum absolute atomic E-state index is 5.62. The Labute approximate surface area is 109 Å². The van der Waals surface area contributed by atoms with Gasteiger partial charge < -0.3 is 19.2 Å². The molecule has 0 bridgehead atoms. The molecule has 1 rings (SSSR count). The smallest absolute Gasteiger partial charge is 0.195 e. The van der Waals surface area contributed by atoms with Crippen molar-refractivity contribution in [1.82, 2.24) is 10.3 Å². The molecule has 104 valence electrons. The number of methoxy groups -OCH3 is 1. The number of oxazole rings is 1. The summed E-state index contributed by atoms with van der Waals surface area (Å²) in [5.74, 6) is 1.52. The third kappa shape index (κ3) is 6.74. The molecule has 0 atom stereocenters. The van der Waals surface area contributed by atoms with Crippen LogP contribution in [0.1, 0.15) is 32.4 Å². The van der Waals surface area contributed by atoms with Gasteiger partial charge in [-0.1, -0.05) is 0 Å². The van der Waals surface area contributed by atoms with Gasteiger partial charge >= 0.3 is 0 Å². The van der Waals surface area contributed by atoms with Crippen LogP contribution in [-0.2, 0) is 22.5 Å². The van der Waals surface area contributed by atoms with Crippen LogP contribution >= 0.6 is 0 Å². The lowest BCUT2D eigenvalue weighted by atomic mass is 10.2. The van der Waals surface area contributed by atoms with Crippen LogP contribution in [0.15, 0.2) is 10.6 Å². The zero-order valence-electron chi connectivity index (χ0n) is 11.8. The molecular formula is C13H24N2O3. The molecule has 5 nitrogen and oxygen atoms in total. The van der Waals surface area contributed by atoms with E-state index in [4.69, 9.17) is 13.9 Å². The Morgan fingerprint density at radius 1 is 1.33 bits per heavy atom. The van der Waals surface area contributed by atoms with Crippen LogP contribution < -0.4 is 5.32 Å². The van der Waals surface area contributed by atoms with E-state index in [2.05, 4.69) is 10.3 Å². The summed E-state index contributed by atoms with van der Waals surface area (Å²) in [6.07, 6.45) is 2.51. The van der Waals surface area contributed by atoms with Crippen molar-refractivity contribution in [1.29, 1.82) is 0 Å². The van der Waals surface area contributed by atoms with E-state index in [1.54, 1.807) is 13.3 Å². The van der Waals surface area contributed by atoms with Gasteiger partial charge in [-0.15, -0.1) is 0 Å². The van der Waals surface area contributed by atoms with E-state index in [0.29, 0.717) is 6.61 Å². The van der Waals surface area contributed by atoms with Crippen molar-refractivity contribution in [3.05, 3.63) is 17.8 Å². The molecule has 0 spiro atoms. The van der Waals surface area contributed by atoms with Gasteiger partial charge in [0, 0.05) is 26.6 Å². The fourth-order valence-corrected chi connectivity index (χ4v) is 1.31. The van der Waals surface area contributed by atoms with Crippen molar-refractivity contribution in [3.63, 3.8) is 0 Å². The molecule has 0 aliphatic carbocycles. The molecule has 0 amide bonds. The molecule has 1 aromatic rings. The normalized spacial score (nSPS) is 12.0. The van der Waals surface area contributed by atoms with E-state index in [1.807, 2.05) is 20.8 Å². The summed E-state index contributed by atoms with van der Waals surface area (Å²) in [4.78, 5) is 4.22. The van der Waals surface area contributed by atoms with Crippen LogP contribution in [0, 0.1) is 0 Å². The molecule has 1 N–H and O–H groups in total. The van der Waals surface area contributed by atoms with E-state index < -0.39 is 0 Å². The molecule has 1 heterocycles. The third-order valence-electron chi connectivity index (χ3n) is 2.25. The summed E-state index contributed by atoms with van der Waals surface area (Å²) < 4.78 is 16.1. The highest BCUT2D eigenvalue weighted by Crippen LogP contribution is 2.12. The highest BCUT2D eigenvalue weighted by Gasteiger charge is 2.12. The highest BCUT2D eigenvalue weighted by molar-refractivity contribution is 4.93. The van der Waals surface area contributed by atoms with Gasteiger partial charge in [-0.3, -0.25) is 0 Å². The van der Waals surface area contributed by atoms with Crippen LogP contribution in [0.25, 0.3) is 0 Å². The molecule has 1 aromatic heterocycles. The second-order valence-electron chi connectivity index (χ2n) is 5.11. The summed E-state index contributed by atoms with van der Waals surface area (Å²) in [7, 11) is 1.69. The number of nitrogens with zero attached hydrogens (tertiary/aromatic N) is 1. The lowest BCUT2D eigenvalue weighted by molar-refractivity contribution is -0.0227. The third-order valence-corrected chi connectivity index (χ3v) is 2.25. The van der Waals surface area contributed by atoms with Crippen molar-refractivity contribution in [3.8, 4) is 0 Å². The van der Waals surface area contributed by atoms with Crippen LogP contribution in [0.5, 0.6) is 0 Å². The molecule has 18 heavy (non-hydrogen) atoms. The summed E-state index contributed by atoms with van der Waals surface area (Å²) in [5, 5.41) is 3.24. The molecule has 5 heteroatoms. The molecule has 0 aliphatic rings. The topological polar surface area (TPSA) is 56.5 Å². The monoisotopic (exact) mass is 256 g/mol. The minimum atomic E-state index is -0.158. The molecule has 0 radical (unpaired) electrons. The number of hydrogen-bond donors (Lipinski definition) is 1. The minimum Gasteiger partial charge on any atom is -0.443 e. The highest BCUT2D eigenvalue weighted by atomic mass is 16.5. The summed E-state index contributed by atoms with van der Waals surface area (Å²) in [5.41, 5.74) is -0.158. The van der Waals surface area contributed by atoms with Crippen molar-refractivity contribution < 1.29 is 13.9 Å². The lowest BCUT2D eigenvalue weighted by Gasteiger charge is -2.18. The Balaban J connectivity index is 2.22. The van der Waals surface area contributed by atoms with Crippen molar-refractivity contribution in [2.45, 2.75) is 39.4 Å². The Morgan fingerprint density at radius 2 is 2.11 bits per heavy atom. The number of rotatable bonds is 8. The standard InChI is InChI=1S/C13H24N2O3/c1-13(2,3)17-10-11-9-15-12(18-11)5-6-14-7-8-16-4/h9,14H,5-8,10H2,1-4H3. The van der Waals surface area contributed by atoms with Crippen LogP contribution in [0.4, 0.5) is 0 Å². The zero-order valence-corrected chi connectivity index (χ0v) is 11.8. The Bertz CT molecular complexity index is 331. The second kappa shape index (κ2) is 7.51. The minimum absolute atomic E-state index is 0.158. The largest absolute Gasteiger partial charge is 0.443 e. The van der Waals surface area contributed by atoms with Crippen LogP contribution in [-0.4, -0.2) is 37.4 Å². The predicted octanol–water partition coefficient (Wildman–Crippen LogP) is 1.77. The predicted molar refractivity (Wildman–Crippen MR) is 69.5 cm³/mol. The first-order valence-corrected chi connectivity index (χ1v) is 6.28. The van der Waals surface area contributed by atoms with E-state index in [9.17, 15) is 0 Å². The van der Waals surface area contributed by atoms with Gasteiger partial charge in [0.15, 0.2) is 5.89 Å².